The number of rotatable bonds is 3. The Kier molecular flexibility index (Phi) is 3.22. The van der Waals surface area contributed by atoms with Gasteiger partial charge in [0.2, 0.25) is 0 Å². The van der Waals surface area contributed by atoms with Gasteiger partial charge >= 0.3 is 0 Å². The molecule has 0 aliphatic rings. The largest absolute Gasteiger partial charge is 0.341 e. The van der Waals surface area contributed by atoms with Gasteiger partial charge in [-0.15, -0.1) is 6.42 Å². The van der Waals surface area contributed by atoms with Crippen LogP contribution < -0.4 is 5.32 Å². The Morgan fingerprint density at radius 2 is 2.18 bits per heavy atom. The summed E-state index contributed by atoms with van der Waals surface area (Å²) in [7, 11) is 0. The number of nitrogens with one attached hydrogen (secondary N) is 2. The summed E-state index contributed by atoms with van der Waals surface area (Å²) in [5, 5.41) is 2.54. The molecule has 0 aliphatic carbocycles. The van der Waals surface area contributed by atoms with Crippen molar-refractivity contribution in [3.05, 3.63) is 42.4 Å². The first-order chi connectivity index (χ1) is 8.29. The molecule has 0 radical (unpaired) electrons. The highest BCUT2D eigenvalue weighted by atomic mass is 16.1. The van der Waals surface area contributed by atoms with Gasteiger partial charge in [-0.1, -0.05) is 30.3 Å². The van der Waals surface area contributed by atoms with Gasteiger partial charge in [0.15, 0.2) is 0 Å². The van der Waals surface area contributed by atoms with Gasteiger partial charge in [-0.2, -0.15) is 0 Å². The number of nitrogens with zero attached hydrogens (tertiary/aromatic N) is 1. The van der Waals surface area contributed by atoms with Gasteiger partial charge in [-0.25, -0.2) is 4.98 Å². The van der Waals surface area contributed by atoms with E-state index in [2.05, 4.69) is 15.3 Å². The van der Waals surface area contributed by atoms with Crippen LogP contribution in [0.1, 0.15) is 5.82 Å². The quantitative estimate of drug-likeness (QED) is 0.774. The van der Waals surface area contributed by atoms with Gasteiger partial charge in [0.05, 0.1) is 18.4 Å². The van der Waals surface area contributed by atoms with Crippen molar-refractivity contribution in [2.24, 2.45) is 0 Å². The standard InChI is InChI=1S/C13H11N3O/c1-2-13(17)15-9-12-14-8-11(16-12)10-6-4-3-5-7-10/h1,3-8H,9H2,(H,14,16)(H,15,17). The van der Waals surface area contributed by atoms with Crippen LogP contribution in [-0.2, 0) is 11.3 Å². The number of amides is 1. The number of benzene rings is 1. The van der Waals surface area contributed by atoms with Gasteiger partial charge in [0.1, 0.15) is 5.82 Å². The van der Waals surface area contributed by atoms with E-state index in [-0.39, 0.29) is 0 Å². The van der Waals surface area contributed by atoms with Crippen LogP contribution in [0.25, 0.3) is 11.3 Å². The highest BCUT2D eigenvalue weighted by molar-refractivity contribution is 5.92. The Morgan fingerprint density at radius 1 is 1.41 bits per heavy atom. The number of carbonyl (C=O) groups excluding carboxylic acids is 1. The van der Waals surface area contributed by atoms with E-state index < -0.39 is 5.91 Å². The molecule has 1 aromatic heterocycles. The summed E-state index contributed by atoms with van der Waals surface area (Å²) in [5.74, 6) is 2.21. The van der Waals surface area contributed by atoms with Crippen LogP contribution in [0, 0.1) is 12.3 Å². The number of aromatic nitrogens is 2. The van der Waals surface area contributed by atoms with Crippen molar-refractivity contribution >= 4 is 5.91 Å². The first-order valence-electron chi connectivity index (χ1n) is 5.13. The summed E-state index contributed by atoms with van der Waals surface area (Å²) in [6.07, 6.45) is 6.67. The molecule has 4 nitrogen and oxygen atoms in total. The Labute approximate surface area is 99.1 Å². The Balaban J connectivity index is 2.07. The molecule has 4 heteroatoms. The predicted molar refractivity (Wildman–Crippen MR) is 64.7 cm³/mol. The van der Waals surface area contributed by atoms with E-state index in [9.17, 15) is 4.79 Å². The van der Waals surface area contributed by atoms with Gasteiger partial charge < -0.3 is 10.3 Å². The normalized spacial score (nSPS) is 9.59. The molecule has 1 heterocycles. The van der Waals surface area contributed by atoms with E-state index in [1.54, 1.807) is 6.20 Å². The number of terminal acetylenes is 1. The van der Waals surface area contributed by atoms with Gasteiger partial charge in [0, 0.05) is 0 Å². The lowest BCUT2D eigenvalue weighted by Gasteiger charge is -1.97. The molecule has 1 amide bonds. The number of carbonyl (C=O) groups is 1. The van der Waals surface area contributed by atoms with Crippen LogP contribution >= 0.6 is 0 Å². The van der Waals surface area contributed by atoms with Gasteiger partial charge in [-0.3, -0.25) is 4.79 Å². The van der Waals surface area contributed by atoms with Gasteiger partial charge in [0.25, 0.3) is 5.91 Å². The molecule has 0 saturated heterocycles. The predicted octanol–water partition coefficient (Wildman–Crippen LogP) is 1.33. The summed E-state index contributed by atoms with van der Waals surface area (Å²) < 4.78 is 0. The van der Waals surface area contributed by atoms with Crippen molar-refractivity contribution < 1.29 is 4.79 Å². The number of imidazole rings is 1. The highest BCUT2D eigenvalue weighted by Gasteiger charge is 2.03. The van der Waals surface area contributed by atoms with Crippen molar-refractivity contribution in [2.45, 2.75) is 6.54 Å². The number of H-pyrrole nitrogens is 1. The fraction of sp³-hybridized carbons (Fsp3) is 0.0769. The fourth-order valence-corrected chi connectivity index (χ4v) is 1.43. The summed E-state index contributed by atoms with van der Waals surface area (Å²) >= 11 is 0. The summed E-state index contributed by atoms with van der Waals surface area (Å²) in [6.45, 7) is 0.301. The van der Waals surface area contributed by atoms with Crippen molar-refractivity contribution in [3.63, 3.8) is 0 Å². The highest BCUT2D eigenvalue weighted by Crippen LogP contribution is 2.15. The van der Waals surface area contributed by atoms with Crippen molar-refractivity contribution in [2.75, 3.05) is 0 Å². The minimum Gasteiger partial charge on any atom is -0.341 e. The van der Waals surface area contributed by atoms with E-state index in [4.69, 9.17) is 6.42 Å². The van der Waals surface area contributed by atoms with E-state index in [1.807, 2.05) is 36.3 Å². The summed E-state index contributed by atoms with van der Waals surface area (Å²) in [4.78, 5) is 18.1. The smallest absolute Gasteiger partial charge is 0.296 e. The summed E-state index contributed by atoms with van der Waals surface area (Å²) in [6, 6.07) is 9.83. The maximum absolute atomic E-state index is 10.9. The van der Waals surface area contributed by atoms with Crippen LogP contribution in [0.4, 0.5) is 0 Å². The van der Waals surface area contributed by atoms with Crippen LogP contribution in [0.2, 0.25) is 0 Å². The molecule has 1 aromatic carbocycles. The number of aromatic amines is 1. The lowest BCUT2D eigenvalue weighted by Crippen LogP contribution is -2.21. The molecule has 2 rings (SSSR count). The Hall–Kier alpha value is -2.54. The van der Waals surface area contributed by atoms with E-state index >= 15 is 0 Å². The lowest BCUT2D eigenvalue weighted by molar-refractivity contribution is -0.115. The molecule has 2 N–H and O–H groups in total. The zero-order chi connectivity index (χ0) is 12.1. The molecule has 0 spiro atoms. The first-order valence-corrected chi connectivity index (χ1v) is 5.13. The molecular weight excluding hydrogens is 214 g/mol. The third-order valence-electron chi connectivity index (χ3n) is 2.26. The molecule has 17 heavy (non-hydrogen) atoms. The topological polar surface area (TPSA) is 57.8 Å². The average molecular weight is 225 g/mol. The second-order valence-corrected chi connectivity index (χ2v) is 3.44. The second-order valence-electron chi connectivity index (χ2n) is 3.44. The number of hydrogen-bond donors (Lipinski definition) is 2. The molecule has 0 saturated carbocycles. The van der Waals surface area contributed by atoms with Crippen molar-refractivity contribution in [1.29, 1.82) is 0 Å². The molecule has 0 bridgehead atoms. The maximum Gasteiger partial charge on any atom is 0.296 e. The third kappa shape index (κ3) is 2.73. The SMILES string of the molecule is C#CC(=O)NCc1ncc(-c2ccccc2)[nH]1. The molecular formula is C13H11N3O. The zero-order valence-electron chi connectivity index (χ0n) is 9.10. The molecule has 0 unspecified atom stereocenters. The Morgan fingerprint density at radius 3 is 2.88 bits per heavy atom. The number of hydrogen-bond acceptors (Lipinski definition) is 2. The molecule has 2 aromatic rings. The molecule has 0 fully saturated rings. The van der Waals surface area contributed by atoms with Gasteiger partial charge in [-0.05, 0) is 11.5 Å². The van der Waals surface area contributed by atoms with Crippen molar-refractivity contribution in [1.82, 2.24) is 15.3 Å². The second kappa shape index (κ2) is 4.99. The molecule has 0 aliphatic heterocycles. The van der Waals surface area contributed by atoms with E-state index in [0.29, 0.717) is 12.4 Å². The van der Waals surface area contributed by atoms with Crippen LogP contribution in [0.5, 0.6) is 0 Å². The minimum absolute atomic E-state index is 0.301. The van der Waals surface area contributed by atoms with E-state index in [1.165, 1.54) is 0 Å². The maximum atomic E-state index is 10.9. The molecule has 0 atom stereocenters. The third-order valence-corrected chi connectivity index (χ3v) is 2.26. The first kappa shape index (κ1) is 11.0. The zero-order valence-corrected chi connectivity index (χ0v) is 9.10. The van der Waals surface area contributed by atoms with E-state index in [0.717, 1.165) is 11.3 Å². The molecule has 84 valence electrons. The average Bonchev–Trinajstić information content (AvgIpc) is 2.86. The summed E-state index contributed by atoms with van der Waals surface area (Å²) in [5.41, 5.74) is 1.96. The monoisotopic (exact) mass is 225 g/mol. The van der Waals surface area contributed by atoms with Crippen LogP contribution in [0.3, 0.4) is 0 Å². The van der Waals surface area contributed by atoms with Crippen LogP contribution in [0.15, 0.2) is 36.5 Å². The Bertz CT molecular complexity index is 552. The fourth-order valence-electron chi connectivity index (χ4n) is 1.43. The lowest BCUT2D eigenvalue weighted by atomic mass is 10.2. The minimum atomic E-state index is -0.442. The van der Waals surface area contributed by atoms with Crippen LogP contribution in [-0.4, -0.2) is 15.9 Å². The van der Waals surface area contributed by atoms with Crippen molar-refractivity contribution in [3.8, 4) is 23.6 Å².